The van der Waals surface area contributed by atoms with Crippen LogP contribution in [0.1, 0.15) is 36.8 Å². The molecule has 22 heavy (non-hydrogen) atoms. The van der Waals surface area contributed by atoms with Crippen LogP contribution < -0.4 is 15.8 Å². The third kappa shape index (κ3) is 4.66. The summed E-state index contributed by atoms with van der Waals surface area (Å²) in [5.41, 5.74) is 7.00. The highest BCUT2D eigenvalue weighted by molar-refractivity contribution is 7.79. The van der Waals surface area contributed by atoms with E-state index in [1.807, 2.05) is 18.2 Å². The van der Waals surface area contributed by atoms with Gasteiger partial charge in [0.1, 0.15) is 5.75 Å². The van der Waals surface area contributed by atoms with Gasteiger partial charge in [-0.15, -0.1) is 0 Å². The lowest BCUT2D eigenvalue weighted by atomic mass is 10.1. The Morgan fingerprint density at radius 1 is 1.32 bits per heavy atom. The van der Waals surface area contributed by atoms with Crippen LogP contribution in [-0.2, 0) is 21.8 Å². The smallest absolute Gasteiger partial charge is 0.309 e. The molecule has 2 amide bonds. The third-order valence-corrected chi connectivity index (χ3v) is 4.16. The van der Waals surface area contributed by atoms with Crippen LogP contribution in [0.5, 0.6) is 5.75 Å². The topological polar surface area (TPSA) is 81.4 Å². The number of rotatable bonds is 6. The van der Waals surface area contributed by atoms with E-state index in [0.29, 0.717) is 24.8 Å². The summed E-state index contributed by atoms with van der Waals surface area (Å²) in [6, 6.07) is 5.99. The summed E-state index contributed by atoms with van der Waals surface area (Å²) >= 11 is 4.34. The summed E-state index contributed by atoms with van der Waals surface area (Å²) in [6.07, 6.45) is 5.56. The molecule has 1 aliphatic carbocycles. The number of amides is 2. The molecule has 1 fully saturated rings. The lowest BCUT2D eigenvalue weighted by Crippen LogP contribution is -2.37. The molecule has 0 spiro atoms. The maximum Gasteiger partial charge on any atom is 0.309 e. The van der Waals surface area contributed by atoms with Gasteiger partial charge in [-0.05, 0) is 43.7 Å². The molecule has 5 nitrogen and oxygen atoms in total. The van der Waals surface area contributed by atoms with Gasteiger partial charge in [0.15, 0.2) is 0 Å². The number of ether oxygens (including phenoxy) is 1. The standard InChI is InChI=1S/C16H22N2O3S/c17-15(19)16(20)18-8-7-11-5-6-12(10-22)14(9-11)21-13-3-1-2-4-13/h5-6,9,13,22H,1-4,7-8,10H2,(H2,17,19)(H,18,20). The third-order valence-electron chi connectivity index (χ3n) is 3.82. The summed E-state index contributed by atoms with van der Waals surface area (Å²) in [7, 11) is 0. The number of carbonyl (C=O) groups is 2. The molecular formula is C16H22N2O3S. The van der Waals surface area contributed by atoms with Crippen LogP contribution in [0, 0.1) is 0 Å². The first-order chi connectivity index (χ1) is 10.6. The van der Waals surface area contributed by atoms with Crippen LogP contribution in [-0.4, -0.2) is 24.5 Å². The van der Waals surface area contributed by atoms with Gasteiger partial charge in [-0.2, -0.15) is 12.6 Å². The van der Waals surface area contributed by atoms with Gasteiger partial charge in [0.05, 0.1) is 6.10 Å². The van der Waals surface area contributed by atoms with E-state index in [1.54, 1.807) is 0 Å². The van der Waals surface area contributed by atoms with Gasteiger partial charge in [-0.3, -0.25) is 9.59 Å². The number of carbonyl (C=O) groups excluding carboxylic acids is 2. The van der Waals surface area contributed by atoms with Crippen molar-refractivity contribution in [2.45, 2.75) is 44.0 Å². The van der Waals surface area contributed by atoms with Crippen LogP contribution in [0.4, 0.5) is 0 Å². The van der Waals surface area contributed by atoms with E-state index in [1.165, 1.54) is 12.8 Å². The Morgan fingerprint density at radius 2 is 2.05 bits per heavy atom. The maximum absolute atomic E-state index is 11.1. The first-order valence-corrected chi connectivity index (χ1v) is 8.20. The second-order valence-electron chi connectivity index (χ2n) is 5.49. The van der Waals surface area contributed by atoms with Crippen LogP contribution in [0.25, 0.3) is 0 Å². The van der Waals surface area contributed by atoms with Crippen molar-refractivity contribution in [2.24, 2.45) is 5.73 Å². The van der Waals surface area contributed by atoms with Crippen LogP contribution >= 0.6 is 12.6 Å². The Morgan fingerprint density at radius 3 is 2.68 bits per heavy atom. The van der Waals surface area contributed by atoms with E-state index in [9.17, 15) is 9.59 Å². The fourth-order valence-corrected chi connectivity index (χ4v) is 2.85. The molecule has 1 aromatic rings. The Labute approximate surface area is 136 Å². The van der Waals surface area contributed by atoms with Crippen molar-refractivity contribution in [1.82, 2.24) is 5.32 Å². The van der Waals surface area contributed by atoms with Gasteiger partial charge in [-0.25, -0.2) is 0 Å². The first kappa shape index (κ1) is 16.7. The highest BCUT2D eigenvalue weighted by atomic mass is 32.1. The second kappa shape index (κ2) is 8.08. The Kier molecular flexibility index (Phi) is 6.12. The monoisotopic (exact) mass is 322 g/mol. The molecule has 3 N–H and O–H groups in total. The Bertz CT molecular complexity index is 542. The summed E-state index contributed by atoms with van der Waals surface area (Å²) < 4.78 is 6.09. The first-order valence-electron chi connectivity index (χ1n) is 7.57. The molecule has 0 heterocycles. The predicted octanol–water partition coefficient (Wildman–Crippen LogP) is 1.58. The molecule has 1 aliphatic rings. The molecular weight excluding hydrogens is 300 g/mol. The molecule has 0 aliphatic heterocycles. The summed E-state index contributed by atoms with van der Waals surface area (Å²) in [6.45, 7) is 0.366. The molecule has 1 aromatic carbocycles. The minimum absolute atomic E-state index is 0.295. The van der Waals surface area contributed by atoms with E-state index in [2.05, 4.69) is 17.9 Å². The molecule has 120 valence electrons. The normalized spacial score (nSPS) is 14.8. The lowest BCUT2D eigenvalue weighted by Gasteiger charge is -2.17. The zero-order valence-corrected chi connectivity index (χ0v) is 13.4. The molecule has 0 radical (unpaired) electrons. The van der Waals surface area contributed by atoms with E-state index in [-0.39, 0.29) is 0 Å². The number of hydrogen-bond acceptors (Lipinski definition) is 4. The minimum Gasteiger partial charge on any atom is -0.490 e. The van der Waals surface area contributed by atoms with E-state index in [4.69, 9.17) is 10.5 Å². The van der Waals surface area contributed by atoms with Crippen molar-refractivity contribution in [2.75, 3.05) is 6.54 Å². The summed E-state index contributed by atoms with van der Waals surface area (Å²) in [5, 5.41) is 2.48. The number of primary amides is 1. The maximum atomic E-state index is 11.1. The predicted molar refractivity (Wildman–Crippen MR) is 87.9 cm³/mol. The second-order valence-corrected chi connectivity index (χ2v) is 5.81. The zero-order chi connectivity index (χ0) is 15.9. The van der Waals surface area contributed by atoms with E-state index in [0.717, 1.165) is 29.7 Å². The molecule has 1 saturated carbocycles. The van der Waals surface area contributed by atoms with Gasteiger partial charge in [0, 0.05) is 17.9 Å². The van der Waals surface area contributed by atoms with E-state index < -0.39 is 11.8 Å². The van der Waals surface area contributed by atoms with Crippen molar-refractivity contribution < 1.29 is 14.3 Å². The van der Waals surface area contributed by atoms with Gasteiger partial charge >= 0.3 is 11.8 Å². The molecule has 0 unspecified atom stereocenters. The number of thiol groups is 1. The number of hydrogen-bond donors (Lipinski definition) is 3. The summed E-state index contributed by atoms with van der Waals surface area (Å²) in [5.74, 6) is -0.216. The largest absolute Gasteiger partial charge is 0.490 e. The molecule has 0 aromatic heterocycles. The highest BCUT2D eigenvalue weighted by Gasteiger charge is 2.18. The minimum atomic E-state index is -0.962. The van der Waals surface area contributed by atoms with Gasteiger partial charge in [0.25, 0.3) is 0 Å². The number of nitrogens with two attached hydrogens (primary N) is 1. The Hall–Kier alpha value is -1.69. The van der Waals surface area contributed by atoms with Crippen LogP contribution in [0.3, 0.4) is 0 Å². The average Bonchev–Trinajstić information content (AvgIpc) is 3.00. The Balaban J connectivity index is 1.96. The number of benzene rings is 1. The summed E-state index contributed by atoms with van der Waals surface area (Å²) in [4.78, 5) is 21.8. The zero-order valence-electron chi connectivity index (χ0n) is 12.5. The molecule has 0 saturated heterocycles. The SMILES string of the molecule is NC(=O)C(=O)NCCc1ccc(CS)c(OC2CCCC2)c1. The van der Waals surface area contributed by atoms with E-state index >= 15 is 0 Å². The molecule has 2 rings (SSSR count). The van der Waals surface area contributed by atoms with Crippen molar-refractivity contribution in [3.8, 4) is 5.75 Å². The van der Waals surface area contributed by atoms with Crippen molar-refractivity contribution in [3.63, 3.8) is 0 Å². The van der Waals surface area contributed by atoms with Crippen LogP contribution in [0.2, 0.25) is 0 Å². The quantitative estimate of drug-likeness (QED) is 0.549. The van der Waals surface area contributed by atoms with Crippen LogP contribution in [0.15, 0.2) is 18.2 Å². The van der Waals surface area contributed by atoms with Gasteiger partial charge in [-0.1, -0.05) is 12.1 Å². The molecule has 6 heteroatoms. The lowest BCUT2D eigenvalue weighted by molar-refractivity contribution is -0.137. The molecule has 0 atom stereocenters. The number of nitrogens with one attached hydrogen (secondary N) is 1. The van der Waals surface area contributed by atoms with Crippen molar-refractivity contribution in [1.29, 1.82) is 0 Å². The van der Waals surface area contributed by atoms with Crippen molar-refractivity contribution >= 4 is 24.4 Å². The van der Waals surface area contributed by atoms with Gasteiger partial charge < -0.3 is 15.8 Å². The van der Waals surface area contributed by atoms with Crippen molar-refractivity contribution in [3.05, 3.63) is 29.3 Å². The van der Waals surface area contributed by atoms with Gasteiger partial charge in [0.2, 0.25) is 0 Å². The fraction of sp³-hybridized carbons (Fsp3) is 0.500. The fourth-order valence-electron chi connectivity index (χ4n) is 2.59. The molecule has 0 bridgehead atoms. The average molecular weight is 322 g/mol. The highest BCUT2D eigenvalue weighted by Crippen LogP contribution is 2.28.